The predicted molar refractivity (Wildman–Crippen MR) is 73.0 cm³/mol. The summed E-state index contributed by atoms with van der Waals surface area (Å²) in [6.07, 6.45) is 7.05. The van der Waals surface area contributed by atoms with Gasteiger partial charge in [-0.25, -0.2) is 0 Å². The van der Waals surface area contributed by atoms with E-state index in [1.54, 1.807) is 12.4 Å². The zero-order valence-electron chi connectivity index (χ0n) is 11.4. The Bertz CT molecular complexity index is 576. The van der Waals surface area contributed by atoms with E-state index < -0.39 is 0 Å². The normalized spacial score (nSPS) is 12.2. The number of hydrogen-bond donors (Lipinski definition) is 1. The number of carbonyl (C=O) groups is 1. The molecule has 2 aromatic heterocycles. The molecule has 0 spiro atoms. The topological polar surface area (TPSA) is 59.8 Å². The molecule has 0 unspecified atom stereocenters. The van der Waals surface area contributed by atoms with E-state index in [-0.39, 0.29) is 11.9 Å². The van der Waals surface area contributed by atoms with Crippen LogP contribution in [0.1, 0.15) is 34.5 Å². The summed E-state index contributed by atoms with van der Waals surface area (Å²) in [5.41, 5.74) is 2.66. The Balaban J connectivity index is 1.96. The zero-order valence-corrected chi connectivity index (χ0v) is 11.4. The zero-order chi connectivity index (χ0) is 13.8. The number of rotatable bonds is 4. The lowest BCUT2D eigenvalue weighted by Gasteiger charge is -2.13. The first-order valence-electron chi connectivity index (χ1n) is 6.27. The molecule has 100 valence electrons. The highest BCUT2D eigenvalue weighted by Crippen LogP contribution is 2.07. The van der Waals surface area contributed by atoms with E-state index >= 15 is 0 Å². The summed E-state index contributed by atoms with van der Waals surface area (Å²) in [6, 6.07) is 1.95. The first-order valence-corrected chi connectivity index (χ1v) is 6.27. The summed E-state index contributed by atoms with van der Waals surface area (Å²) in [6.45, 7) is 6.45. The molecule has 0 bridgehead atoms. The molecule has 2 aromatic rings. The molecule has 0 saturated carbocycles. The van der Waals surface area contributed by atoms with Crippen LogP contribution in [0.4, 0.5) is 0 Å². The van der Waals surface area contributed by atoms with Crippen LogP contribution in [0.3, 0.4) is 0 Å². The molecule has 0 radical (unpaired) electrons. The molecule has 0 saturated heterocycles. The Hall–Kier alpha value is -2.17. The monoisotopic (exact) mass is 258 g/mol. The molecule has 1 amide bonds. The molecule has 5 nitrogen and oxygen atoms in total. The van der Waals surface area contributed by atoms with Gasteiger partial charge in [0.2, 0.25) is 0 Å². The first kappa shape index (κ1) is 13.3. The van der Waals surface area contributed by atoms with Crippen molar-refractivity contribution < 1.29 is 4.79 Å². The van der Waals surface area contributed by atoms with Gasteiger partial charge in [-0.3, -0.25) is 14.5 Å². The lowest BCUT2D eigenvalue weighted by molar-refractivity contribution is 0.0947. The molecular weight excluding hydrogens is 240 g/mol. The summed E-state index contributed by atoms with van der Waals surface area (Å²) in [5.74, 6) is -0.0960. The van der Waals surface area contributed by atoms with Gasteiger partial charge in [-0.15, -0.1) is 0 Å². The van der Waals surface area contributed by atoms with Crippen LogP contribution in [0.25, 0.3) is 0 Å². The lowest BCUT2D eigenvalue weighted by atomic mass is 10.1. The minimum absolute atomic E-state index is 0.0960. The van der Waals surface area contributed by atoms with E-state index in [1.165, 1.54) is 0 Å². The van der Waals surface area contributed by atoms with Gasteiger partial charge in [-0.2, -0.15) is 5.10 Å². The van der Waals surface area contributed by atoms with E-state index in [2.05, 4.69) is 15.4 Å². The maximum Gasteiger partial charge on any atom is 0.253 e. The third-order valence-electron chi connectivity index (χ3n) is 3.02. The second-order valence-electron chi connectivity index (χ2n) is 4.75. The van der Waals surface area contributed by atoms with E-state index in [1.807, 2.05) is 43.9 Å². The highest BCUT2D eigenvalue weighted by atomic mass is 16.1. The van der Waals surface area contributed by atoms with E-state index in [0.717, 1.165) is 11.1 Å². The van der Waals surface area contributed by atoms with Gasteiger partial charge in [0.15, 0.2) is 0 Å². The van der Waals surface area contributed by atoms with Crippen molar-refractivity contribution in [3.63, 3.8) is 0 Å². The fraction of sp³-hybridized carbons (Fsp3) is 0.357. The maximum absolute atomic E-state index is 12.0. The van der Waals surface area contributed by atoms with Crippen LogP contribution in [-0.4, -0.2) is 27.2 Å². The van der Waals surface area contributed by atoms with Crippen LogP contribution in [0.2, 0.25) is 0 Å². The Labute approximate surface area is 112 Å². The Morgan fingerprint density at radius 2 is 2.21 bits per heavy atom. The van der Waals surface area contributed by atoms with Gasteiger partial charge >= 0.3 is 0 Å². The quantitative estimate of drug-likeness (QED) is 0.911. The molecule has 0 fully saturated rings. The number of carbonyl (C=O) groups excluding carboxylic acids is 1. The molecule has 0 aliphatic heterocycles. The van der Waals surface area contributed by atoms with Gasteiger partial charge in [0.25, 0.3) is 5.91 Å². The minimum atomic E-state index is -0.0960. The van der Waals surface area contributed by atoms with Gasteiger partial charge in [-0.05, 0) is 38.0 Å². The third-order valence-corrected chi connectivity index (χ3v) is 3.02. The number of aryl methyl sites for hydroxylation is 2. The van der Waals surface area contributed by atoms with Crippen LogP contribution in [0, 0.1) is 13.8 Å². The number of aromatic nitrogens is 3. The number of nitrogens with one attached hydrogen (secondary N) is 1. The van der Waals surface area contributed by atoms with Crippen molar-refractivity contribution in [2.45, 2.75) is 26.8 Å². The average molecular weight is 258 g/mol. The standard InChI is InChI=1S/C14H18N4O/c1-10-6-17-18(9-10)12(3)7-16-14(19)13-8-15-5-4-11(13)2/h4-6,8-9,12H,7H2,1-3H3,(H,16,19)/t12-/m0/s1. The summed E-state index contributed by atoms with van der Waals surface area (Å²) < 4.78 is 1.85. The summed E-state index contributed by atoms with van der Waals surface area (Å²) in [7, 11) is 0. The summed E-state index contributed by atoms with van der Waals surface area (Å²) >= 11 is 0. The van der Waals surface area contributed by atoms with Crippen molar-refractivity contribution >= 4 is 5.91 Å². The molecule has 2 heterocycles. The Morgan fingerprint density at radius 1 is 1.42 bits per heavy atom. The molecular formula is C14H18N4O. The molecule has 5 heteroatoms. The van der Waals surface area contributed by atoms with Gasteiger partial charge in [0.1, 0.15) is 0 Å². The second-order valence-corrected chi connectivity index (χ2v) is 4.75. The molecule has 0 aromatic carbocycles. The first-order chi connectivity index (χ1) is 9.08. The van der Waals surface area contributed by atoms with E-state index in [4.69, 9.17) is 0 Å². The lowest BCUT2D eigenvalue weighted by Crippen LogP contribution is -2.30. The van der Waals surface area contributed by atoms with Crippen molar-refractivity contribution in [1.29, 1.82) is 0 Å². The average Bonchev–Trinajstić information content (AvgIpc) is 2.83. The smallest absolute Gasteiger partial charge is 0.253 e. The molecule has 2 rings (SSSR count). The summed E-state index contributed by atoms with van der Waals surface area (Å²) in [5, 5.41) is 7.14. The highest BCUT2D eigenvalue weighted by molar-refractivity contribution is 5.95. The molecule has 0 aliphatic carbocycles. The Kier molecular flexibility index (Phi) is 3.94. The maximum atomic E-state index is 12.0. The predicted octanol–water partition coefficient (Wildman–Crippen LogP) is 1.89. The Morgan fingerprint density at radius 3 is 2.84 bits per heavy atom. The summed E-state index contributed by atoms with van der Waals surface area (Å²) in [4.78, 5) is 16.0. The molecule has 19 heavy (non-hydrogen) atoms. The van der Waals surface area contributed by atoms with E-state index in [9.17, 15) is 4.79 Å². The van der Waals surface area contributed by atoms with Crippen LogP contribution in [0.5, 0.6) is 0 Å². The third kappa shape index (κ3) is 3.19. The van der Waals surface area contributed by atoms with Gasteiger partial charge in [0.05, 0.1) is 17.8 Å². The van der Waals surface area contributed by atoms with Crippen molar-refractivity contribution in [3.8, 4) is 0 Å². The SMILES string of the molecule is Cc1cnn([C@@H](C)CNC(=O)c2cnccc2C)c1. The highest BCUT2D eigenvalue weighted by Gasteiger charge is 2.11. The van der Waals surface area contributed by atoms with Crippen molar-refractivity contribution in [1.82, 2.24) is 20.1 Å². The second kappa shape index (κ2) is 5.65. The minimum Gasteiger partial charge on any atom is -0.350 e. The number of hydrogen-bond acceptors (Lipinski definition) is 3. The van der Waals surface area contributed by atoms with Gasteiger partial charge in [-0.1, -0.05) is 0 Å². The van der Waals surface area contributed by atoms with Crippen molar-refractivity contribution in [2.75, 3.05) is 6.54 Å². The van der Waals surface area contributed by atoms with Crippen molar-refractivity contribution in [2.24, 2.45) is 0 Å². The van der Waals surface area contributed by atoms with Crippen LogP contribution < -0.4 is 5.32 Å². The van der Waals surface area contributed by atoms with Gasteiger partial charge < -0.3 is 5.32 Å². The fourth-order valence-electron chi connectivity index (χ4n) is 1.80. The van der Waals surface area contributed by atoms with Gasteiger partial charge in [0, 0.05) is 25.1 Å². The van der Waals surface area contributed by atoms with Crippen molar-refractivity contribution in [3.05, 3.63) is 47.5 Å². The van der Waals surface area contributed by atoms with Crippen LogP contribution in [-0.2, 0) is 0 Å². The van der Waals surface area contributed by atoms with Crippen LogP contribution in [0.15, 0.2) is 30.9 Å². The largest absolute Gasteiger partial charge is 0.350 e. The number of nitrogens with zero attached hydrogens (tertiary/aromatic N) is 3. The molecule has 0 aliphatic rings. The molecule has 1 N–H and O–H groups in total. The van der Waals surface area contributed by atoms with Crippen LogP contribution >= 0.6 is 0 Å². The molecule has 1 atom stereocenters. The number of pyridine rings is 1. The van der Waals surface area contributed by atoms with E-state index in [0.29, 0.717) is 12.1 Å². The number of amides is 1. The fourth-order valence-corrected chi connectivity index (χ4v) is 1.80.